The molecule has 0 spiro atoms. The molecule has 0 atom stereocenters. The number of aromatic carboxylic acids is 1. The summed E-state index contributed by atoms with van der Waals surface area (Å²) in [7, 11) is 0. The smallest absolute Gasteiger partial charge is 0.339 e. The summed E-state index contributed by atoms with van der Waals surface area (Å²) in [6, 6.07) is 13.8. The Morgan fingerprint density at radius 2 is 1.84 bits per heavy atom. The number of hydrogen-bond donors (Lipinski definition) is 1. The monoisotopic (exact) mass is 336 g/mol. The van der Waals surface area contributed by atoms with E-state index in [9.17, 15) is 14.3 Å². The Morgan fingerprint density at radius 3 is 2.48 bits per heavy atom. The molecular formula is C20H17FN2O2. The third kappa shape index (κ3) is 3.55. The molecule has 3 rings (SSSR count). The lowest BCUT2D eigenvalue weighted by Crippen LogP contribution is -2.05. The van der Waals surface area contributed by atoms with Crippen molar-refractivity contribution >= 4 is 5.97 Å². The van der Waals surface area contributed by atoms with E-state index in [0.29, 0.717) is 5.82 Å². The summed E-state index contributed by atoms with van der Waals surface area (Å²) in [5, 5.41) is 9.37. The lowest BCUT2D eigenvalue weighted by atomic mass is 10.0. The van der Waals surface area contributed by atoms with Gasteiger partial charge in [0.1, 0.15) is 11.4 Å². The second kappa shape index (κ2) is 7.21. The van der Waals surface area contributed by atoms with Crippen LogP contribution in [0.5, 0.6) is 0 Å². The summed E-state index contributed by atoms with van der Waals surface area (Å²) in [4.78, 5) is 20.0. The minimum Gasteiger partial charge on any atom is -0.478 e. The molecule has 0 saturated heterocycles. The molecule has 0 aliphatic carbocycles. The van der Waals surface area contributed by atoms with Gasteiger partial charge in [-0.25, -0.2) is 19.2 Å². The van der Waals surface area contributed by atoms with Crippen molar-refractivity contribution in [1.82, 2.24) is 9.97 Å². The summed E-state index contributed by atoms with van der Waals surface area (Å²) >= 11 is 0. The first-order valence-corrected chi connectivity index (χ1v) is 8.04. The van der Waals surface area contributed by atoms with Crippen molar-refractivity contribution < 1.29 is 14.3 Å². The van der Waals surface area contributed by atoms with E-state index in [1.54, 1.807) is 12.1 Å². The van der Waals surface area contributed by atoms with E-state index in [2.05, 4.69) is 16.9 Å². The molecule has 1 heterocycles. The minimum absolute atomic E-state index is 0.0771. The predicted molar refractivity (Wildman–Crippen MR) is 93.8 cm³/mol. The van der Waals surface area contributed by atoms with Crippen LogP contribution in [0.4, 0.5) is 4.39 Å². The quantitative estimate of drug-likeness (QED) is 0.739. The highest BCUT2D eigenvalue weighted by Crippen LogP contribution is 2.27. The fourth-order valence-electron chi connectivity index (χ4n) is 2.65. The van der Waals surface area contributed by atoms with Gasteiger partial charge in [0.2, 0.25) is 0 Å². The van der Waals surface area contributed by atoms with Gasteiger partial charge in [0, 0.05) is 17.3 Å². The average Bonchev–Trinajstić information content (AvgIpc) is 2.62. The van der Waals surface area contributed by atoms with Crippen molar-refractivity contribution in [3.8, 4) is 22.6 Å². The summed E-state index contributed by atoms with van der Waals surface area (Å²) in [6.45, 7) is 2.11. The largest absolute Gasteiger partial charge is 0.478 e. The molecule has 0 amide bonds. The van der Waals surface area contributed by atoms with Crippen molar-refractivity contribution in [1.29, 1.82) is 0 Å². The standard InChI is InChI=1S/C20H17FN2O2/c1-2-5-13-8-10-14(11-9-13)19-22-12-16(20(24)25)18(23-19)15-6-3-4-7-17(15)21/h3-4,6-12H,2,5H2,1H3,(H,24,25). The molecule has 1 aromatic heterocycles. The Bertz CT molecular complexity index is 908. The molecule has 0 unspecified atom stereocenters. The molecule has 126 valence electrons. The van der Waals surface area contributed by atoms with Gasteiger partial charge in [-0.05, 0) is 24.1 Å². The van der Waals surface area contributed by atoms with E-state index in [1.807, 2.05) is 24.3 Å². The van der Waals surface area contributed by atoms with Crippen LogP contribution in [0, 0.1) is 5.82 Å². The maximum Gasteiger partial charge on any atom is 0.339 e. The number of rotatable bonds is 5. The highest BCUT2D eigenvalue weighted by molar-refractivity contribution is 5.94. The van der Waals surface area contributed by atoms with Crippen LogP contribution >= 0.6 is 0 Å². The molecule has 0 aliphatic heterocycles. The average molecular weight is 336 g/mol. The molecule has 4 nitrogen and oxygen atoms in total. The normalized spacial score (nSPS) is 10.6. The van der Waals surface area contributed by atoms with Gasteiger partial charge in [0.05, 0.1) is 5.69 Å². The van der Waals surface area contributed by atoms with E-state index in [0.717, 1.165) is 18.4 Å². The second-order valence-corrected chi connectivity index (χ2v) is 5.69. The SMILES string of the molecule is CCCc1ccc(-c2ncc(C(=O)O)c(-c3ccccc3F)n2)cc1. The minimum atomic E-state index is -1.19. The highest BCUT2D eigenvalue weighted by atomic mass is 19.1. The number of aromatic nitrogens is 2. The molecule has 0 aliphatic rings. The maximum atomic E-state index is 14.1. The second-order valence-electron chi connectivity index (χ2n) is 5.69. The summed E-state index contributed by atoms with van der Waals surface area (Å²) in [5.41, 5.74) is 2.06. The Labute approximate surface area is 145 Å². The van der Waals surface area contributed by atoms with E-state index in [1.165, 1.54) is 23.9 Å². The third-order valence-corrected chi connectivity index (χ3v) is 3.90. The highest BCUT2D eigenvalue weighted by Gasteiger charge is 2.18. The number of hydrogen-bond acceptors (Lipinski definition) is 3. The molecule has 0 bridgehead atoms. The van der Waals surface area contributed by atoms with Gasteiger partial charge in [-0.2, -0.15) is 0 Å². The van der Waals surface area contributed by atoms with Gasteiger partial charge in [-0.15, -0.1) is 0 Å². The number of carbonyl (C=O) groups is 1. The third-order valence-electron chi connectivity index (χ3n) is 3.90. The van der Waals surface area contributed by atoms with Crippen LogP contribution < -0.4 is 0 Å². The van der Waals surface area contributed by atoms with Crippen molar-refractivity contribution in [2.45, 2.75) is 19.8 Å². The zero-order valence-electron chi connectivity index (χ0n) is 13.7. The first-order chi connectivity index (χ1) is 12.1. The van der Waals surface area contributed by atoms with E-state index in [-0.39, 0.29) is 16.8 Å². The van der Waals surface area contributed by atoms with Crippen LogP contribution in [0.1, 0.15) is 29.3 Å². The van der Waals surface area contributed by atoms with Gasteiger partial charge in [0.15, 0.2) is 5.82 Å². The molecule has 0 radical (unpaired) electrons. The summed E-state index contributed by atoms with van der Waals surface area (Å²) in [5.74, 6) is -1.35. The zero-order chi connectivity index (χ0) is 17.8. The van der Waals surface area contributed by atoms with Crippen LogP contribution in [0.2, 0.25) is 0 Å². The Morgan fingerprint density at radius 1 is 1.12 bits per heavy atom. The van der Waals surface area contributed by atoms with Crippen molar-refractivity contribution in [2.75, 3.05) is 0 Å². The zero-order valence-corrected chi connectivity index (χ0v) is 13.7. The van der Waals surface area contributed by atoms with Crippen LogP contribution in [-0.2, 0) is 6.42 Å². The van der Waals surface area contributed by atoms with Crippen molar-refractivity contribution in [3.05, 3.63) is 71.7 Å². The molecular weight excluding hydrogens is 319 g/mol. The van der Waals surface area contributed by atoms with Gasteiger partial charge >= 0.3 is 5.97 Å². The molecule has 25 heavy (non-hydrogen) atoms. The van der Waals surface area contributed by atoms with E-state index >= 15 is 0 Å². The number of carboxylic acid groups (broad SMARTS) is 1. The van der Waals surface area contributed by atoms with E-state index in [4.69, 9.17) is 0 Å². The van der Waals surface area contributed by atoms with Gasteiger partial charge < -0.3 is 5.11 Å². The predicted octanol–water partition coefficient (Wildman–Crippen LogP) is 4.60. The molecule has 1 N–H and O–H groups in total. The molecule has 5 heteroatoms. The lowest BCUT2D eigenvalue weighted by Gasteiger charge is -2.09. The molecule has 0 fully saturated rings. The van der Waals surface area contributed by atoms with Crippen LogP contribution in [-0.4, -0.2) is 21.0 Å². The van der Waals surface area contributed by atoms with Gasteiger partial charge in [-0.3, -0.25) is 0 Å². The number of halogens is 1. The Hall–Kier alpha value is -3.08. The number of nitrogens with zero attached hydrogens (tertiary/aromatic N) is 2. The fourth-order valence-corrected chi connectivity index (χ4v) is 2.65. The van der Waals surface area contributed by atoms with Crippen LogP contribution in [0.15, 0.2) is 54.7 Å². The topological polar surface area (TPSA) is 63.1 Å². The molecule has 2 aromatic carbocycles. The lowest BCUT2D eigenvalue weighted by molar-refractivity contribution is 0.0697. The first-order valence-electron chi connectivity index (χ1n) is 8.04. The fraction of sp³-hybridized carbons (Fsp3) is 0.150. The maximum absolute atomic E-state index is 14.1. The summed E-state index contributed by atoms with van der Waals surface area (Å²) in [6.07, 6.45) is 3.27. The van der Waals surface area contributed by atoms with Crippen molar-refractivity contribution in [2.24, 2.45) is 0 Å². The van der Waals surface area contributed by atoms with Crippen LogP contribution in [0.25, 0.3) is 22.6 Å². The number of benzene rings is 2. The van der Waals surface area contributed by atoms with Gasteiger partial charge in [0.25, 0.3) is 0 Å². The van der Waals surface area contributed by atoms with Gasteiger partial charge in [-0.1, -0.05) is 49.7 Å². The van der Waals surface area contributed by atoms with Crippen LogP contribution in [0.3, 0.4) is 0 Å². The number of carboxylic acids is 1. The number of aryl methyl sites for hydroxylation is 1. The summed E-state index contributed by atoms with van der Waals surface area (Å²) < 4.78 is 14.1. The first kappa shape index (κ1) is 16.8. The molecule has 3 aromatic rings. The molecule has 0 saturated carbocycles. The van der Waals surface area contributed by atoms with E-state index < -0.39 is 11.8 Å². The Kier molecular flexibility index (Phi) is 4.84. The van der Waals surface area contributed by atoms with Crippen molar-refractivity contribution in [3.63, 3.8) is 0 Å². The Balaban J connectivity index is 2.10.